The molecular weight excluding hydrogens is 437 g/mol. The van der Waals surface area contributed by atoms with Gasteiger partial charge in [-0.1, -0.05) is 12.1 Å². The molecular formula is C22H24FN3O5S. The van der Waals surface area contributed by atoms with Crippen molar-refractivity contribution >= 4 is 16.1 Å². The van der Waals surface area contributed by atoms with E-state index in [4.69, 9.17) is 4.74 Å². The van der Waals surface area contributed by atoms with Crippen LogP contribution in [0.15, 0.2) is 59.9 Å². The highest BCUT2D eigenvalue weighted by atomic mass is 32.2. The fourth-order valence-electron chi connectivity index (χ4n) is 2.99. The van der Waals surface area contributed by atoms with Crippen molar-refractivity contribution in [2.45, 2.75) is 37.8 Å². The standard InChI is InChI=1S/C22H24FN3O5S/c1-22(2,3)31-21(28)25(4)13-15-9-20(18-7-5-6-8-19(18)23)26(14-15)32(29,30)17-10-16(27)11-24-12-17/h5-12,14,27H,13H2,1-4H3. The second-order valence-electron chi connectivity index (χ2n) is 8.23. The van der Waals surface area contributed by atoms with Crippen molar-refractivity contribution in [3.63, 3.8) is 0 Å². The number of pyridine rings is 1. The molecule has 0 saturated carbocycles. The number of nitrogens with zero attached hydrogens (tertiary/aromatic N) is 3. The second kappa shape index (κ2) is 8.62. The Balaban J connectivity index is 2.07. The summed E-state index contributed by atoms with van der Waals surface area (Å²) in [5, 5.41) is 9.68. The Morgan fingerprint density at radius 2 is 1.91 bits per heavy atom. The van der Waals surface area contributed by atoms with Gasteiger partial charge in [-0.3, -0.25) is 4.98 Å². The highest BCUT2D eigenvalue weighted by Crippen LogP contribution is 2.30. The summed E-state index contributed by atoms with van der Waals surface area (Å²) in [7, 11) is -2.71. The minimum absolute atomic E-state index is 0.0250. The molecule has 170 valence electrons. The summed E-state index contributed by atoms with van der Waals surface area (Å²) in [5.41, 5.74) is -0.121. The van der Waals surface area contributed by atoms with E-state index in [0.717, 1.165) is 22.4 Å². The molecule has 1 N–H and O–H groups in total. The molecule has 0 atom stereocenters. The minimum atomic E-state index is -4.23. The SMILES string of the molecule is CN(Cc1cc(-c2ccccc2F)n(S(=O)(=O)c2cncc(O)c2)c1)C(=O)OC(C)(C)C. The van der Waals surface area contributed by atoms with Crippen LogP contribution in [0.3, 0.4) is 0 Å². The van der Waals surface area contributed by atoms with E-state index in [1.165, 1.54) is 42.4 Å². The van der Waals surface area contributed by atoms with Crippen molar-refractivity contribution in [2.75, 3.05) is 7.05 Å². The summed E-state index contributed by atoms with van der Waals surface area (Å²) in [5.74, 6) is -0.932. The number of hydrogen-bond donors (Lipinski definition) is 1. The number of carbonyl (C=O) groups is 1. The first-order valence-electron chi connectivity index (χ1n) is 9.68. The molecule has 8 nitrogen and oxygen atoms in total. The first-order valence-corrected chi connectivity index (χ1v) is 11.1. The van der Waals surface area contributed by atoms with Crippen LogP contribution in [0.2, 0.25) is 0 Å². The van der Waals surface area contributed by atoms with Gasteiger partial charge in [0.1, 0.15) is 22.1 Å². The van der Waals surface area contributed by atoms with E-state index in [-0.39, 0.29) is 28.4 Å². The lowest BCUT2D eigenvalue weighted by Gasteiger charge is -2.24. The molecule has 2 aromatic heterocycles. The number of amides is 1. The zero-order chi connectivity index (χ0) is 23.7. The zero-order valence-electron chi connectivity index (χ0n) is 18.1. The molecule has 10 heteroatoms. The molecule has 0 aliphatic heterocycles. The van der Waals surface area contributed by atoms with Gasteiger partial charge >= 0.3 is 6.09 Å². The maximum atomic E-state index is 14.6. The topological polar surface area (TPSA) is 102 Å². The average Bonchev–Trinajstić information content (AvgIpc) is 3.11. The number of carbonyl (C=O) groups excluding carboxylic acids is 1. The van der Waals surface area contributed by atoms with Crippen LogP contribution in [0, 0.1) is 5.82 Å². The van der Waals surface area contributed by atoms with Gasteiger partial charge in [0.05, 0.1) is 18.4 Å². The van der Waals surface area contributed by atoms with Crippen LogP contribution in [-0.2, 0) is 21.3 Å². The maximum absolute atomic E-state index is 14.6. The third-order valence-corrected chi connectivity index (χ3v) is 6.01. The summed E-state index contributed by atoms with van der Waals surface area (Å²) >= 11 is 0. The van der Waals surface area contributed by atoms with Crippen LogP contribution >= 0.6 is 0 Å². The molecule has 1 amide bonds. The summed E-state index contributed by atoms with van der Waals surface area (Å²) in [6.45, 7) is 5.24. The fraction of sp³-hybridized carbons (Fsp3) is 0.273. The zero-order valence-corrected chi connectivity index (χ0v) is 18.9. The van der Waals surface area contributed by atoms with Gasteiger partial charge in [0.25, 0.3) is 10.0 Å². The maximum Gasteiger partial charge on any atom is 0.410 e. The van der Waals surface area contributed by atoms with Gasteiger partial charge in [-0.2, -0.15) is 0 Å². The molecule has 2 heterocycles. The first kappa shape index (κ1) is 23.3. The van der Waals surface area contributed by atoms with Crippen molar-refractivity contribution in [3.05, 3.63) is 66.4 Å². The Hall–Kier alpha value is -3.40. The molecule has 0 aliphatic carbocycles. The van der Waals surface area contributed by atoms with Gasteiger partial charge < -0.3 is 14.7 Å². The van der Waals surface area contributed by atoms with Crippen LogP contribution in [0.1, 0.15) is 26.3 Å². The Labute approximate surface area is 185 Å². The molecule has 0 radical (unpaired) electrons. The van der Waals surface area contributed by atoms with Crippen molar-refractivity contribution in [1.29, 1.82) is 0 Å². The monoisotopic (exact) mass is 461 g/mol. The van der Waals surface area contributed by atoms with Crippen molar-refractivity contribution in [3.8, 4) is 17.0 Å². The summed E-state index contributed by atoms with van der Waals surface area (Å²) < 4.78 is 47.4. The Kier molecular flexibility index (Phi) is 6.27. The summed E-state index contributed by atoms with van der Waals surface area (Å²) in [6, 6.07) is 8.31. The smallest absolute Gasteiger partial charge is 0.410 e. The lowest BCUT2D eigenvalue weighted by molar-refractivity contribution is 0.0285. The Bertz CT molecular complexity index is 1250. The molecule has 0 bridgehead atoms. The van der Waals surface area contributed by atoms with E-state index < -0.39 is 27.5 Å². The normalized spacial score (nSPS) is 11.9. The van der Waals surface area contributed by atoms with Crippen molar-refractivity contribution < 1.29 is 27.4 Å². The highest BCUT2D eigenvalue weighted by molar-refractivity contribution is 7.90. The van der Waals surface area contributed by atoms with Gasteiger partial charge in [-0.15, -0.1) is 0 Å². The van der Waals surface area contributed by atoms with Gasteiger partial charge in [0, 0.05) is 31.1 Å². The largest absolute Gasteiger partial charge is 0.506 e. The van der Waals surface area contributed by atoms with Gasteiger partial charge in [-0.05, 0) is 44.5 Å². The number of aromatic nitrogens is 2. The minimum Gasteiger partial charge on any atom is -0.506 e. The number of benzene rings is 1. The van der Waals surface area contributed by atoms with Crippen LogP contribution < -0.4 is 0 Å². The average molecular weight is 462 g/mol. The summed E-state index contributed by atoms with van der Waals surface area (Å²) in [6.07, 6.45) is 2.92. The van der Waals surface area contributed by atoms with Crippen LogP contribution in [0.4, 0.5) is 9.18 Å². The van der Waals surface area contributed by atoms with E-state index in [9.17, 15) is 22.7 Å². The number of rotatable bonds is 5. The van der Waals surface area contributed by atoms with E-state index >= 15 is 0 Å². The van der Waals surface area contributed by atoms with Crippen LogP contribution in [0.25, 0.3) is 11.3 Å². The molecule has 0 aliphatic rings. The van der Waals surface area contributed by atoms with E-state index in [1.807, 2.05) is 0 Å². The lowest BCUT2D eigenvalue weighted by atomic mass is 10.1. The van der Waals surface area contributed by atoms with E-state index in [2.05, 4.69) is 4.98 Å². The van der Waals surface area contributed by atoms with E-state index in [1.54, 1.807) is 26.8 Å². The van der Waals surface area contributed by atoms with E-state index in [0.29, 0.717) is 5.56 Å². The number of hydrogen-bond acceptors (Lipinski definition) is 6. The van der Waals surface area contributed by atoms with Crippen LogP contribution in [0.5, 0.6) is 5.75 Å². The van der Waals surface area contributed by atoms with Gasteiger partial charge in [0.15, 0.2) is 0 Å². The van der Waals surface area contributed by atoms with Crippen LogP contribution in [-0.4, -0.2) is 46.1 Å². The molecule has 1 aromatic carbocycles. The number of halogens is 1. The Morgan fingerprint density at radius 1 is 1.22 bits per heavy atom. The molecule has 0 unspecified atom stereocenters. The summed E-state index contributed by atoms with van der Waals surface area (Å²) in [4.78, 5) is 17.1. The Morgan fingerprint density at radius 3 is 2.53 bits per heavy atom. The first-order chi connectivity index (χ1) is 14.9. The highest BCUT2D eigenvalue weighted by Gasteiger charge is 2.26. The molecule has 0 spiro atoms. The molecule has 3 rings (SSSR count). The quantitative estimate of drug-likeness (QED) is 0.616. The second-order valence-corrected chi connectivity index (χ2v) is 10.0. The molecule has 32 heavy (non-hydrogen) atoms. The van der Waals surface area contributed by atoms with Gasteiger partial charge in [-0.25, -0.2) is 21.6 Å². The molecule has 0 saturated heterocycles. The third kappa shape index (κ3) is 5.08. The lowest BCUT2D eigenvalue weighted by Crippen LogP contribution is -2.33. The molecule has 0 fully saturated rings. The number of aromatic hydroxyl groups is 1. The predicted octanol–water partition coefficient (Wildman–Crippen LogP) is 4.00. The predicted molar refractivity (Wildman–Crippen MR) is 116 cm³/mol. The number of ether oxygens (including phenoxy) is 1. The fourth-order valence-corrected chi connectivity index (χ4v) is 4.36. The van der Waals surface area contributed by atoms with Crippen molar-refractivity contribution in [1.82, 2.24) is 13.9 Å². The van der Waals surface area contributed by atoms with Crippen molar-refractivity contribution in [2.24, 2.45) is 0 Å². The molecule has 3 aromatic rings. The third-order valence-electron chi connectivity index (χ3n) is 4.37. The van der Waals surface area contributed by atoms with Gasteiger partial charge in [0.2, 0.25) is 0 Å².